The fourth-order valence-corrected chi connectivity index (χ4v) is 4.56. The van der Waals surface area contributed by atoms with E-state index in [1.165, 1.54) is 51.4 Å². The molecule has 0 aliphatic heterocycles. The second kappa shape index (κ2) is 12.8. The van der Waals surface area contributed by atoms with E-state index in [1.54, 1.807) is 12.1 Å². The number of hydrogen-bond acceptors (Lipinski definition) is 2. The zero-order valence-corrected chi connectivity index (χ0v) is 16.7. The van der Waals surface area contributed by atoms with Crippen molar-refractivity contribution in [3.63, 3.8) is 0 Å². The Morgan fingerprint density at radius 2 is 1.33 bits per heavy atom. The van der Waals surface area contributed by atoms with E-state index in [-0.39, 0.29) is 27.9 Å². The Morgan fingerprint density at radius 3 is 1.93 bits per heavy atom. The Morgan fingerprint density at radius 1 is 0.778 bits per heavy atom. The molecule has 0 atom stereocenters. The maximum atomic E-state index is 11.9. The monoisotopic (exact) mass is 402 g/mol. The Balaban J connectivity index is 0.00000364. The fraction of sp³-hybridized carbons (Fsp3) is 0.545. The van der Waals surface area contributed by atoms with Gasteiger partial charge in [0, 0.05) is 5.39 Å². The van der Waals surface area contributed by atoms with Crippen molar-refractivity contribution < 1.29 is 13.0 Å². The van der Waals surface area contributed by atoms with Gasteiger partial charge in [-0.05, 0) is 23.8 Å². The molecule has 0 fully saturated rings. The van der Waals surface area contributed by atoms with E-state index < -0.39 is 10.1 Å². The lowest BCUT2D eigenvalue weighted by Gasteiger charge is -2.11. The van der Waals surface area contributed by atoms with Gasteiger partial charge in [0.25, 0.3) is 10.1 Å². The van der Waals surface area contributed by atoms with Crippen molar-refractivity contribution in [2.75, 3.05) is 0 Å². The topological polar surface area (TPSA) is 54.4 Å². The zero-order chi connectivity index (χ0) is 18.8. The second-order valence-corrected chi connectivity index (χ2v) is 8.54. The first kappa shape index (κ1) is 24.4. The number of hydrogen-bond donors (Lipinski definition) is 1. The largest absolute Gasteiger partial charge is 0.316 e. The highest BCUT2D eigenvalue weighted by atomic mass is 32.2. The third kappa shape index (κ3) is 8.10. The molecule has 0 bridgehead atoms. The minimum absolute atomic E-state index is 0. The Kier molecular flexibility index (Phi) is 11.5. The molecule has 2 aromatic rings. The van der Waals surface area contributed by atoms with Crippen LogP contribution in [-0.2, 0) is 16.5 Å². The molecule has 0 heterocycles. The number of rotatable bonds is 12. The van der Waals surface area contributed by atoms with Crippen molar-refractivity contribution in [1.82, 2.24) is 0 Å². The first-order valence-electron chi connectivity index (χ1n) is 10.0. The van der Waals surface area contributed by atoms with Crippen molar-refractivity contribution in [3.8, 4) is 0 Å². The molecule has 0 radical (unpaired) electrons. The molecule has 3 nitrogen and oxygen atoms in total. The second-order valence-electron chi connectivity index (χ2n) is 7.18. The summed E-state index contributed by atoms with van der Waals surface area (Å²) in [5.41, 5.74) is 0.728. The van der Waals surface area contributed by atoms with E-state index in [4.69, 9.17) is 0 Å². The molecule has 5 heteroatoms. The quantitative estimate of drug-likeness (QED) is 0.284. The van der Waals surface area contributed by atoms with Crippen LogP contribution >= 0.6 is 0 Å². The molecule has 2 aromatic carbocycles. The van der Waals surface area contributed by atoms with Crippen LogP contribution in [0.1, 0.15) is 76.7 Å². The Hall–Kier alpha value is -0.624. The van der Waals surface area contributed by atoms with E-state index >= 15 is 0 Å². The molecular formula is C22H34MgO3S. The Labute approximate surface area is 180 Å². The van der Waals surface area contributed by atoms with E-state index in [0.717, 1.165) is 23.8 Å². The zero-order valence-electron chi connectivity index (χ0n) is 15.9. The van der Waals surface area contributed by atoms with Gasteiger partial charge in [-0.1, -0.05) is 101 Å². The maximum absolute atomic E-state index is 11.9. The van der Waals surface area contributed by atoms with Gasteiger partial charge in [-0.3, -0.25) is 4.55 Å². The standard InChI is InChI=1S/C22H32O3S.Mg.2H/c1-2-3-4-5-6-7-8-9-10-11-15-20-18-17-19-14-12-13-16-21(19)22(20)26(23,24)25;;;/h12-14,16-18H,2-11,15H2,1H3,(H,23,24,25);;;. The molecule has 148 valence electrons. The maximum Gasteiger partial charge on any atom is 0.316 e. The van der Waals surface area contributed by atoms with E-state index in [0.29, 0.717) is 11.8 Å². The van der Waals surface area contributed by atoms with Crippen molar-refractivity contribution >= 4 is 43.9 Å². The van der Waals surface area contributed by atoms with Gasteiger partial charge in [-0.25, -0.2) is 0 Å². The summed E-state index contributed by atoms with van der Waals surface area (Å²) in [7, 11) is -4.22. The summed E-state index contributed by atoms with van der Waals surface area (Å²) in [4.78, 5) is 0.0894. The summed E-state index contributed by atoms with van der Waals surface area (Å²) in [6, 6.07) is 11.1. The molecule has 0 aliphatic carbocycles. The summed E-state index contributed by atoms with van der Waals surface area (Å²) in [5.74, 6) is 0. The Bertz CT molecular complexity index is 787. The molecule has 2 rings (SSSR count). The summed E-state index contributed by atoms with van der Waals surface area (Å²) in [6.07, 6.45) is 13.2. The fourth-order valence-electron chi connectivity index (χ4n) is 3.59. The smallest absolute Gasteiger partial charge is 0.282 e. The first-order chi connectivity index (χ1) is 12.5. The highest BCUT2D eigenvalue weighted by Gasteiger charge is 2.18. The van der Waals surface area contributed by atoms with Crippen molar-refractivity contribution in [2.45, 2.75) is 82.4 Å². The van der Waals surface area contributed by atoms with Gasteiger partial charge in [0.2, 0.25) is 0 Å². The number of unbranched alkanes of at least 4 members (excludes halogenated alkanes) is 9. The van der Waals surface area contributed by atoms with Crippen LogP contribution in [0.3, 0.4) is 0 Å². The van der Waals surface area contributed by atoms with Gasteiger partial charge < -0.3 is 0 Å². The van der Waals surface area contributed by atoms with Crippen LogP contribution < -0.4 is 0 Å². The summed E-state index contributed by atoms with van der Waals surface area (Å²) >= 11 is 0. The van der Waals surface area contributed by atoms with Crippen LogP contribution in [0.25, 0.3) is 10.8 Å². The van der Waals surface area contributed by atoms with Crippen LogP contribution in [-0.4, -0.2) is 36.0 Å². The van der Waals surface area contributed by atoms with Crippen LogP contribution in [0.2, 0.25) is 0 Å². The molecule has 0 amide bonds. The van der Waals surface area contributed by atoms with Crippen LogP contribution in [0.15, 0.2) is 41.3 Å². The van der Waals surface area contributed by atoms with E-state index in [2.05, 4.69) is 6.92 Å². The molecule has 1 N–H and O–H groups in total. The molecule has 0 aromatic heterocycles. The van der Waals surface area contributed by atoms with Gasteiger partial charge in [-0.15, -0.1) is 0 Å². The molecule has 0 saturated carbocycles. The lowest BCUT2D eigenvalue weighted by Crippen LogP contribution is -2.04. The van der Waals surface area contributed by atoms with Crippen LogP contribution in [0, 0.1) is 0 Å². The average molecular weight is 403 g/mol. The number of benzene rings is 2. The van der Waals surface area contributed by atoms with Crippen LogP contribution in [0.5, 0.6) is 0 Å². The lowest BCUT2D eigenvalue weighted by atomic mass is 10.0. The number of fused-ring (bicyclic) bond motifs is 1. The first-order valence-corrected chi connectivity index (χ1v) is 11.5. The third-order valence-corrected chi connectivity index (χ3v) is 6.02. The van der Waals surface area contributed by atoms with Gasteiger partial charge in [0.15, 0.2) is 0 Å². The molecule has 0 saturated heterocycles. The van der Waals surface area contributed by atoms with E-state index in [9.17, 15) is 13.0 Å². The number of aryl methyl sites for hydroxylation is 1. The predicted octanol–water partition coefficient (Wildman–Crippen LogP) is 5.63. The highest BCUT2D eigenvalue weighted by Crippen LogP contribution is 2.28. The van der Waals surface area contributed by atoms with E-state index in [1.807, 2.05) is 24.3 Å². The van der Waals surface area contributed by atoms with Crippen molar-refractivity contribution in [1.29, 1.82) is 0 Å². The molecule has 0 aliphatic rings. The normalized spacial score (nSPS) is 11.5. The lowest BCUT2D eigenvalue weighted by molar-refractivity contribution is 0.482. The summed E-state index contributed by atoms with van der Waals surface area (Å²) in [5, 5.41) is 1.45. The van der Waals surface area contributed by atoms with Crippen molar-refractivity contribution in [3.05, 3.63) is 42.0 Å². The van der Waals surface area contributed by atoms with Gasteiger partial charge >= 0.3 is 23.1 Å². The molecule has 0 unspecified atom stereocenters. The summed E-state index contributed by atoms with van der Waals surface area (Å²) in [6.45, 7) is 2.24. The van der Waals surface area contributed by atoms with Crippen molar-refractivity contribution in [2.24, 2.45) is 0 Å². The van der Waals surface area contributed by atoms with Crippen LogP contribution in [0.4, 0.5) is 0 Å². The average Bonchev–Trinajstić information content (AvgIpc) is 2.62. The van der Waals surface area contributed by atoms with Gasteiger partial charge in [0.05, 0.1) is 0 Å². The highest BCUT2D eigenvalue weighted by molar-refractivity contribution is 7.86. The third-order valence-electron chi connectivity index (χ3n) is 5.02. The van der Waals surface area contributed by atoms with Gasteiger partial charge in [0.1, 0.15) is 4.90 Å². The molecule has 0 spiro atoms. The molecular weight excluding hydrogens is 369 g/mol. The predicted molar refractivity (Wildman–Crippen MR) is 118 cm³/mol. The molecule has 27 heavy (non-hydrogen) atoms. The van der Waals surface area contributed by atoms with Gasteiger partial charge in [-0.2, -0.15) is 8.42 Å². The minimum atomic E-state index is -4.22. The minimum Gasteiger partial charge on any atom is -0.282 e. The summed E-state index contributed by atoms with van der Waals surface area (Å²) < 4.78 is 33.5. The SMILES string of the molecule is CCCCCCCCCCCCc1ccc2ccccc2c1S(=O)(=O)O.[MgH2].